The number of amides is 3. The lowest BCUT2D eigenvalue weighted by Gasteiger charge is -2.26. The Morgan fingerprint density at radius 2 is 1.75 bits per heavy atom. The van der Waals surface area contributed by atoms with E-state index in [4.69, 9.17) is 4.52 Å². The molecule has 8 heteroatoms. The van der Waals surface area contributed by atoms with E-state index < -0.39 is 11.4 Å². The van der Waals surface area contributed by atoms with Crippen molar-refractivity contribution >= 4 is 17.7 Å². The van der Waals surface area contributed by atoms with E-state index in [0.29, 0.717) is 24.2 Å². The molecule has 0 bridgehead atoms. The normalized spacial score (nSPS) is 22.3. The van der Waals surface area contributed by atoms with Gasteiger partial charge in [-0.25, -0.2) is 0 Å². The molecular formula is C24H30N4O4. The van der Waals surface area contributed by atoms with Crippen LogP contribution in [0.1, 0.15) is 84.7 Å². The zero-order chi connectivity index (χ0) is 23.0. The van der Waals surface area contributed by atoms with Crippen molar-refractivity contribution < 1.29 is 18.9 Å². The zero-order valence-electron chi connectivity index (χ0n) is 19.0. The smallest absolute Gasteiger partial charge is 0.274 e. The highest BCUT2D eigenvalue weighted by atomic mass is 16.5. The maximum Gasteiger partial charge on any atom is 0.274 e. The average molecular weight is 439 g/mol. The van der Waals surface area contributed by atoms with Crippen LogP contribution in [0.2, 0.25) is 0 Å². The van der Waals surface area contributed by atoms with Crippen LogP contribution in [0.25, 0.3) is 0 Å². The molecule has 1 saturated heterocycles. The highest BCUT2D eigenvalue weighted by Crippen LogP contribution is 2.36. The number of hydrogen-bond acceptors (Lipinski definition) is 5. The number of rotatable bonds is 6. The Bertz CT molecular complexity index is 1010. The molecule has 2 aromatic rings. The van der Waals surface area contributed by atoms with Crippen LogP contribution < -0.4 is 10.6 Å². The Hall–Kier alpha value is -3.16. The Kier molecular flexibility index (Phi) is 5.79. The van der Waals surface area contributed by atoms with E-state index in [1.807, 2.05) is 36.1 Å². The van der Waals surface area contributed by atoms with Crippen LogP contribution in [0.15, 0.2) is 34.9 Å². The first-order valence-corrected chi connectivity index (χ1v) is 11.2. The highest BCUT2D eigenvalue weighted by molar-refractivity contribution is 5.99. The predicted octanol–water partition coefficient (Wildman–Crippen LogP) is 3.14. The van der Waals surface area contributed by atoms with E-state index in [0.717, 1.165) is 18.4 Å². The predicted molar refractivity (Wildman–Crippen MR) is 118 cm³/mol. The van der Waals surface area contributed by atoms with Crippen LogP contribution in [-0.4, -0.2) is 45.4 Å². The molecular weight excluding hydrogens is 408 g/mol. The van der Waals surface area contributed by atoms with Gasteiger partial charge in [0.15, 0.2) is 5.69 Å². The standard InChI is InChI=1S/C24H30N4O4/c1-14-5-6-15(2)28(14)22(30)19-9-7-18(8-10-19)17(4)25-23(31)24(11-12-24)26-21(29)20-13-16(3)32-27-20/h7-10,13-15,17H,5-6,11-12H2,1-4H3,(H,25,31)(H,26,29)/t14?,15?,17-/m1/s1. The Balaban J connectivity index is 1.37. The molecule has 8 nitrogen and oxygen atoms in total. The molecule has 1 aliphatic heterocycles. The molecule has 2 unspecified atom stereocenters. The third kappa shape index (κ3) is 4.26. The summed E-state index contributed by atoms with van der Waals surface area (Å²) in [6.45, 7) is 7.77. The number of carbonyl (C=O) groups is 3. The van der Waals surface area contributed by atoms with Gasteiger partial charge in [-0.2, -0.15) is 0 Å². The van der Waals surface area contributed by atoms with Crippen LogP contribution >= 0.6 is 0 Å². The molecule has 1 aromatic carbocycles. The van der Waals surface area contributed by atoms with Crippen LogP contribution in [0.4, 0.5) is 0 Å². The summed E-state index contributed by atoms with van der Waals surface area (Å²) >= 11 is 0. The molecule has 2 fully saturated rings. The van der Waals surface area contributed by atoms with Gasteiger partial charge in [-0.15, -0.1) is 0 Å². The second-order valence-electron chi connectivity index (χ2n) is 9.16. The van der Waals surface area contributed by atoms with E-state index in [1.165, 1.54) is 0 Å². The van der Waals surface area contributed by atoms with Crippen molar-refractivity contribution in [2.75, 3.05) is 0 Å². The van der Waals surface area contributed by atoms with Gasteiger partial charge in [0, 0.05) is 23.7 Å². The summed E-state index contributed by atoms with van der Waals surface area (Å²) in [5.41, 5.74) is 0.806. The third-order valence-corrected chi connectivity index (χ3v) is 6.59. The molecule has 2 heterocycles. The fourth-order valence-electron chi connectivity index (χ4n) is 4.37. The van der Waals surface area contributed by atoms with Crippen molar-refractivity contribution in [3.05, 3.63) is 52.9 Å². The van der Waals surface area contributed by atoms with Gasteiger partial charge in [-0.05, 0) is 71.1 Å². The molecule has 2 N–H and O–H groups in total. The monoisotopic (exact) mass is 438 g/mol. The molecule has 4 rings (SSSR count). The van der Waals surface area contributed by atoms with Gasteiger partial charge in [-0.1, -0.05) is 17.3 Å². The molecule has 0 spiro atoms. The molecule has 1 aliphatic carbocycles. The van der Waals surface area contributed by atoms with Crippen LogP contribution in [0, 0.1) is 6.92 Å². The second kappa shape index (κ2) is 8.41. The lowest BCUT2D eigenvalue weighted by Crippen LogP contribution is -2.49. The van der Waals surface area contributed by atoms with Gasteiger partial charge in [0.2, 0.25) is 5.91 Å². The SMILES string of the molecule is Cc1cc(C(=O)NC2(C(=O)N[C@H](C)c3ccc(C(=O)N4C(C)CCC4C)cc3)CC2)no1. The van der Waals surface area contributed by atoms with Crippen molar-refractivity contribution in [3.8, 4) is 0 Å². The summed E-state index contributed by atoms with van der Waals surface area (Å²) in [5, 5.41) is 9.49. The van der Waals surface area contributed by atoms with Crippen molar-refractivity contribution in [1.29, 1.82) is 0 Å². The van der Waals surface area contributed by atoms with E-state index in [2.05, 4.69) is 29.6 Å². The summed E-state index contributed by atoms with van der Waals surface area (Å²) in [6.07, 6.45) is 3.22. The van der Waals surface area contributed by atoms with Gasteiger partial charge >= 0.3 is 0 Å². The molecule has 3 amide bonds. The minimum Gasteiger partial charge on any atom is -0.361 e. The van der Waals surface area contributed by atoms with Crippen molar-refractivity contribution in [2.24, 2.45) is 0 Å². The number of likely N-dealkylation sites (tertiary alicyclic amines) is 1. The van der Waals surface area contributed by atoms with Crippen molar-refractivity contribution in [1.82, 2.24) is 20.7 Å². The number of carbonyl (C=O) groups excluding carboxylic acids is 3. The average Bonchev–Trinajstić information content (AvgIpc) is 3.29. The summed E-state index contributed by atoms with van der Waals surface area (Å²) in [5.74, 6) is -0.0593. The summed E-state index contributed by atoms with van der Waals surface area (Å²) in [6, 6.07) is 9.17. The lowest BCUT2D eigenvalue weighted by molar-refractivity contribution is -0.124. The van der Waals surface area contributed by atoms with Gasteiger partial charge in [0.1, 0.15) is 11.3 Å². The van der Waals surface area contributed by atoms with E-state index in [1.54, 1.807) is 13.0 Å². The molecule has 3 atom stereocenters. The molecule has 170 valence electrons. The first-order chi connectivity index (χ1) is 15.2. The maximum atomic E-state index is 12.9. The quantitative estimate of drug-likeness (QED) is 0.721. The van der Waals surface area contributed by atoms with Gasteiger partial charge in [0.05, 0.1) is 6.04 Å². The number of nitrogens with zero attached hydrogens (tertiary/aromatic N) is 2. The van der Waals surface area contributed by atoms with Crippen LogP contribution in [-0.2, 0) is 4.79 Å². The van der Waals surface area contributed by atoms with Crippen LogP contribution in [0.3, 0.4) is 0 Å². The molecule has 1 aromatic heterocycles. The number of aromatic nitrogens is 1. The molecule has 0 radical (unpaired) electrons. The zero-order valence-corrected chi connectivity index (χ0v) is 19.0. The van der Waals surface area contributed by atoms with Gasteiger partial charge in [0.25, 0.3) is 11.8 Å². The van der Waals surface area contributed by atoms with Gasteiger partial charge in [-0.3, -0.25) is 14.4 Å². The third-order valence-electron chi connectivity index (χ3n) is 6.59. The summed E-state index contributed by atoms with van der Waals surface area (Å²) in [7, 11) is 0. The molecule has 2 aliphatic rings. The Morgan fingerprint density at radius 1 is 1.12 bits per heavy atom. The van der Waals surface area contributed by atoms with E-state index >= 15 is 0 Å². The molecule has 32 heavy (non-hydrogen) atoms. The van der Waals surface area contributed by atoms with Gasteiger partial charge < -0.3 is 20.1 Å². The number of nitrogens with one attached hydrogen (secondary N) is 2. The van der Waals surface area contributed by atoms with Crippen molar-refractivity contribution in [2.45, 2.75) is 77.0 Å². The number of aryl methyl sites for hydroxylation is 1. The Labute approximate surface area is 187 Å². The largest absolute Gasteiger partial charge is 0.361 e. The number of benzene rings is 1. The van der Waals surface area contributed by atoms with E-state index in [-0.39, 0.29) is 35.6 Å². The van der Waals surface area contributed by atoms with Crippen molar-refractivity contribution in [3.63, 3.8) is 0 Å². The fraction of sp³-hybridized carbons (Fsp3) is 0.500. The Morgan fingerprint density at radius 3 is 2.28 bits per heavy atom. The lowest BCUT2D eigenvalue weighted by atomic mass is 10.0. The van der Waals surface area contributed by atoms with Crippen LogP contribution in [0.5, 0.6) is 0 Å². The topological polar surface area (TPSA) is 105 Å². The fourth-order valence-corrected chi connectivity index (χ4v) is 4.37. The highest BCUT2D eigenvalue weighted by Gasteiger charge is 2.51. The summed E-state index contributed by atoms with van der Waals surface area (Å²) < 4.78 is 4.94. The minimum atomic E-state index is -0.907. The molecule has 1 saturated carbocycles. The van der Waals surface area contributed by atoms with E-state index in [9.17, 15) is 14.4 Å². The first kappa shape index (κ1) is 22.0. The second-order valence-corrected chi connectivity index (χ2v) is 9.16. The summed E-state index contributed by atoms with van der Waals surface area (Å²) in [4.78, 5) is 40.1. The maximum absolute atomic E-state index is 12.9. The minimum absolute atomic E-state index is 0.0495. The number of hydrogen-bond donors (Lipinski definition) is 2. The first-order valence-electron chi connectivity index (χ1n) is 11.2.